The maximum Gasteiger partial charge on any atom is 0.130 e. The molecule has 0 aromatic carbocycles. The van der Waals surface area contributed by atoms with Crippen LogP contribution in [-0.4, -0.2) is 25.9 Å². The van der Waals surface area contributed by atoms with E-state index in [2.05, 4.69) is 32.2 Å². The average Bonchev–Trinajstić information content (AvgIpc) is 2.74. The first-order valence-electron chi connectivity index (χ1n) is 7.51. The first-order chi connectivity index (χ1) is 9.52. The lowest BCUT2D eigenvalue weighted by atomic mass is 10.2. The van der Waals surface area contributed by atoms with E-state index in [0.717, 1.165) is 31.2 Å². The second-order valence-corrected chi connectivity index (χ2v) is 5.62. The van der Waals surface area contributed by atoms with E-state index in [0.29, 0.717) is 19.1 Å². The normalized spacial score (nSPS) is 13.1. The van der Waals surface area contributed by atoms with Gasteiger partial charge in [-0.15, -0.1) is 0 Å². The fraction of sp³-hybridized carbons (Fsp3) is 0.750. The van der Waals surface area contributed by atoms with Gasteiger partial charge >= 0.3 is 0 Å². The molecule has 0 fully saturated rings. The molecule has 1 aromatic rings. The fourth-order valence-corrected chi connectivity index (χ4v) is 1.87. The highest BCUT2D eigenvalue weighted by Gasteiger charge is 2.09. The molecule has 0 spiro atoms. The third-order valence-electron chi connectivity index (χ3n) is 2.98. The Morgan fingerprint density at radius 2 is 2.05 bits per heavy atom. The van der Waals surface area contributed by atoms with Crippen LogP contribution in [0.1, 0.15) is 44.8 Å². The number of ether oxygens (including phenoxy) is 2. The zero-order valence-electron chi connectivity index (χ0n) is 13.5. The summed E-state index contributed by atoms with van der Waals surface area (Å²) in [6.45, 7) is 14.1. The molecule has 0 amide bonds. The van der Waals surface area contributed by atoms with Crippen molar-refractivity contribution in [1.29, 1.82) is 0 Å². The molecule has 0 aliphatic carbocycles. The minimum Gasteiger partial charge on any atom is -0.462 e. The molecule has 0 aliphatic heterocycles. The first kappa shape index (κ1) is 17.2. The smallest absolute Gasteiger partial charge is 0.130 e. The first-order valence-corrected chi connectivity index (χ1v) is 7.51. The second-order valence-electron chi connectivity index (χ2n) is 5.62. The third kappa shape index (κ3) is 6.55. The molecule has 116 valence electrons. The largest absolute Gasteiger partial charge is 0.462 e. The molecule has 0 radical (unpaired) electrons. The number of aryl methyl sites for hydroxylation is 1. The molecule has 0 saturated carbocycles. The van der Waals surface area contributed by atoms with Crippen molar-refractivity contribution in [3.05, 3.63) is 23.2 Å². The molecule has 1 atom stereocenters. The van der Waals surface area contributed by atoms with Gasteiger partial charge in [-0.05, 0) is 44.9 Å². The summed E-state index contributed by atoms with van der Waals surface area (Å²) < 4.78 is 16.8. The summed E-state index contributed by atoms with van der Waals surface area (Å²) in [6, 6.07) is 2.06. The van der Waals surface area contributed by atoms with Gasteiger partial charge in [0.2, 0.25) is 0 Å². The van der Waals surface area contributed by atoms with Gasteiger partial charge in [-0.2, -0.15) is 0 Å². The van der Waals surface area contributed by atoms with E-state index < -0.39 is 0 Å². The van der Waals surface area contributed by atoms with E-state index in [9.17, 15) is 0 Å². The lowest BCUT2D eigenvalue weighted by Gasteiger charge is -2.11. The molecule has 1 unspecified atom stereocenters. The predicted molar refractivity (Wildman–Crippen MR) is 80.7 cm³/mol. The molecular formula is C16H29NO3. The topological polar surface area (TPSA) is 43.6 Å². The maximum absolute atomic E-state index is 5.82. The van der Waals surface area contributed by atoms with Crippen LogP contribution in [0.4, 0.5) is 0 Å². The molecule has 0 aliphatic rings. The van der Waals surface area contributed by atoms with Crippen LogP contribution in [0, 0.1) is 12.8 Å². The van der Waals surface area contributed by atoms with Gasteiger partial charge in [0, 0.05) is 6.61 Å². The Morgan fingerprint density at radius 3 is 2.70 bits per heavy atom. The van der Waals surface area contributed by atoms with Crippen LogP contribution in [0.2, 0.25) is 0 Å². The highest BCUT2D eigenvalue weighted by atomic mass is 16.5. The van der Waals surface area contributed by atoms with Crippen LogP contribution in [0.3, 0.4) is 0 Å². The zero-order valence-corrected chi connectivity index (χ0v) is 13.5. The van der Waals surface area contributed by atoms with Crippen LogP contribution < -0.4 is 5.32 Å². The van der Waals surface area contributed by atoms with Gasteiger partial charge in [0.05, 0.1) is 19.3 Å². The lowest BCUT2D eigenvalue weighted by Crippen LogP contribution is -2.19. The monoisotopic (exact) mass is 283 g/mol. The second kappa shape index (κ2) is 9.16. The number of nitrogens with one attached hydrogen (secondary N) is 1. The van der Waals surface area contributed by atoms with E-state index in [4.69, 9.17) is 13.9 Å². The molecule has 1 rings (SSSR count). The van der Waals surface area contributed by atoms with E-state index in [1.165, 1.54) is 5.56 Å². The maximum atomic E-state index is 5.82. The van der Waals surface area contributed by atoms with Crippen molar-refractivity contribution in [2.75, 3.05) is 19.8 Å². The summed E-state index contributed by atoms with van der Waals surface area (Å²) in [7, 11) is 0. The molecule has 0 bridgehead atoms. The summed E-state index contributed by atoms with van der Waals surface area (Å²) in [5.41, 5.74) is 1.18. The van der Waals surface area contributed by atoms with Crippen molar-refractivity contribution in [2.45, 2.75) is 53.9 Å². The Bertz CT molecular complexity index is 374. The fourth-order valence-electron chi connectivity index (χ4n) is 1.87. The zero-order chi connectivity index (χ0) is 15.0. The van der Waals surface area contributed by atoms with Gasteiger partial charge in [0.1, 0.15) is 18.1 Å². The van der Waals surface area contributed by atoms with Gasteiger partial charge in [-0.1, -0.05) is 13.8 Å². The molecule has 1 N–H and O–H groups in total. The van der Waals surface area contributed by atoms with Crippen LogP contribution in [0.5, 0.6) is 0 Å². The quantitative estimate of drug-likeness (QED) is 0.715. The molecule has 4 heteroatoms. The average molecular weight is 283 g/mol. The van der Waals surface area contributed by atoms with Crippen LogP contribution in [0.15, 0.2) is 10.5 Å². The van der Waals surface area contributed by atoms with Gasteiger partial charge in [0.15, 0.2) is 0 Å². The number of furan rings is 1. The Hall–Kier alpha value is -0.840. The standard InChI is InChI=1S/C16H29NO3/c1-6-18-10-14(5)19-11-15-7-13(4)16(20-15)9-17-8-12(2)3/h7,12,14,17H,6,8-11H2,1-5H3. The number of rotatable bonds is 10. The van der Waals surface area contributed by atoms with Gasteiger partial charge in [-0.25, -0.2) is 0 Å². The summed E-state index contributed by atoms with van der Waals surface area (Å²) in [6.07, 6.45) is 0.0860. The number of hydrogen-bond acceptors (Lipinski definition) is 4. The highest BCUT2D eigenvalue weighted by molar-refractivity contribution is 5.19. The van der Waals surface area contributed by atoms with Crippen LogP contribution in [-0.2, 0) is 22.6 Å². The Labute approximate surface area is 122 Å². The van der Waals surface area contributed by atoms with Crippen molar-refractivity contribution in [1.82, 2.24) is 5.32 Å². The van der Waals surface area contributed by atoms with E-state index in [1.54, 1.807) is 0 Å². The van der Waals surface area contributed by atoms with E-state index in [1.807, 2.05) is 13.8 Å². The van der Waals surface area contributed by atoms with Crippen molar-refractivity contribution >= 4 is 0 Å². The van der Waals surface area contributed by atoms with Crippen LogP contribution in [0.25, 0.3) is 0 Å². The Morgan fingerprint density at radius 1 is 1.30 bits per heavy atom. The van der Waals surface area contributed by atoms with Gasteiger partial charge < -0.3 is 19.2 Å². The summed E-state index contributed by atoms with van der Waals surface area (Å²) in [5.74, 6) is 2.53. The predicted octanol–water partition coefficient (Wildman–Crippen LogP) is 3.28. The molecule has 4 nitrogen and oxygen atoms in total. The molecule has 1 heterocycles. The lowest BCUT2D eigenvalue weighted by molar-refractivity contribution is -0.0173. The van der Waals surface area contributed by atoms with E-state index >= 15 is 0 Å². The molecular weight excluding hydrogens is 254 g/mol. The minimum atomic E-state index is 0.0860. The van der Waals surface area contributed by atoms with Gasteiger partial charge in [0.25, 0.3) is 0 Å². The highest BCUT2D eigenvalue weighted by Crippen LogP contribution is 2.16. The van der Waals surface area contributed by atoms with E-state index in [-0.39, 0.29) is 6.10 Å². The van der Waals surface area contributed by atoms with Crippen molar-refractivity contribution in [2.24, 2.45) is 5.92 Å². The molecule has 0 saturated heterocycles. The Kier molecular flexibility index (Phi) is 7.88. The van der Waals surface area contributed by atoms with Crippen molar-refractivity contribution in [3.63, 3.8) is 0 Å². The summed E-state index contributed by atoms with van der Waals surface area (Å²) in [5, 5.41) is 3.39. The molecule has 1 aromatic heterocycles. The third-order valence-corrected chi connectivity index (χ3v) is 2.98. The van der Waals surface area contributed by atoms with Crippen molar-refractivity contribution in [3.8, 4) is 0 Å². The van der Waals surface area contributed by atoms with Gasteiger partial charge in [-0.3, -0.25) is 0 Å². The SMILES string of the molecule is CCOCC(C)OCc1cc(C)c(CNCC(C)C)o1. The van der Waals surface area contributed by atoms with Crippen molar-refractivity contribution < 1.29 is 13.9 Å². The minimum absolute atomic E-state index is 0.0860. The summed E-state index contributed by atoms with van der Waals surface area (Å²) in [4.78, 5) is 0. The summed E-state index contributed by atoms with van der Waals surface area (Å²) >= 11 is 0. The van der Waals surface area contributed by atoms with Crippen LogP contribution >= 0.6 is 0 Å². The number of hydrogen-bond donors (Lipinski definition) is 1. The Balaban J connectivity index is 2.36. The molecule has 20 heavy (non-hydrogen) atoms.